The summed E-state index contributed by atoms with van der Waals surface area (Å²) in [5.74, 6) is 0.168. The number of carbonyl (C=O) groups is 1. The Labute approximate surface area is 85.7 Å². The number of hydrogen-bond donors (Lipinski definition) is 2. The van der Waals surface area contributed by atoms with Gasteiger partial charge in [-0.2, -0.15) is 12.6 Å². The second kappa shape index (κ2) is 3.38. The van der Waals surface area contributed by atoms with E-state index in [9.17, 15) is 4.79 Å². The zero-order valence-electron chi connectivity index (χ0n) is 7.23. The number of thiol groups is 1. The van der Waals surface area contributed by atoms with E-state index in [1.165, 1.54) is 6.07 Å². The van der Waals surface area contributed by atoms with Crippen LogP contribution in [0.3, 0.4) is 0 Å². The van der Waals surface area contributed by atoms with Crippen LogP contribution in [0.5, 0.6) is 0 Å². The molecule has 0 aliphatic rings. The van der Waals surface area contributed by atoms with Gasteiger partial charge in [-0.1, -0.05) is 12.1 Å². The first-order valence-corrected chi connectivity index (χ1v) is 4.71. The number of furan rings is 1. The molecular formula is C10H8O3S. The van der Waals surface area contributed by atoms with Crippen molar-refractivity contribution in [3.63, 3.8) is 0 Å². The molecule has 2 aromatic rings. The SMILES string of the molecule is O=C(O)c1cccc2cc(CS)oc12. The standard InChI is InChI=1S/C10H8O3S/c11-10(12)8-3-1-2-6-4-7(5-14)13-9(6)8/h1-4,14H,5H2,(H,11,12). The van der Waals surface area contributed by atoms with E-state index in [2.05, 4.69) is 12.6 Å². The molecule has 0 saturated heterocycles. The molecule has 0 aliphatic heterocycles. The number of carboxylic acid groups (broad SMARTS) is 1. The first-order chi connectivity index (χ1) is 6.72. The van der Waals surface area contributed by atoms with Gasteiger partial charge in [-0.05, 0) is 12.1 Å². The first kappa shape index (κ1) is 9.15. The lowest BCUT2D eigenvalue weighted by Gasteiger charge is -1.94. The van der Waals surface area contributed by atoms with Crippen LogP contribution in [0.4, 0.5) is 0 Å². The maximum absolute atomic E-state index is 10.8. The van der Waals surface area contributed by atoms with E-state index in [4.69, 9.17) is 9.52 Å². The molecule has 14 heavy (non-hydrogen) atoms. The summed E-state index contributed by atoms with van der Waals surface area (Å²) >= 11 is 4.07. The number of carboxylic acids is 1. The summed E-state index contributed by atoms with van der Waals surface area (Å²) in [5, 5.41) is 9.69. The van der Waals surface area contributed by atoms with Crippen LogP contribution in [-0.4, -0.2) is 11.1 Å². The summed E-state index contributed by atoms with van der Waals surface area (Å²) in [6, 6.07) is 6.84. The minimum atomic E-state index is -0.976. The van der Waals surface area contributed by atoms with Crippen molar-refractivity contribution in [2.24, 2.45) is 0 Å². The molecule has 3 nitrogen and oxygen atoms in total. The number of fused-ring (bicyclic) bond motifs is 1. The maximum atomic E-state index is 10.8. The van der Waals surface area contributed by atoms with Gasteiger partial charge < -0.3 is 9.52 Å². The smallest absolute Gasteiger partial charge is 0.339 e. The summed E-state index contributed by atoms with van der Waals surface area (Å²) in [6.07, 6.45) is 0. The Kier molecular flexibility index (Phi) is 2.21. The van der Waals surface area contributed by atoms with Crippen molar-refractivity contribution >= 4 is 29.6 Å². The molecule has 0 bridgehead atoms. The summed E-state index contributed by atoms with van der Waals surface area (Å²) in [5.41, 5.74) is 0.611. The molecular weight excluding hydrogens is 200 g/mol. The van der Waals surface area contributed by atoms with Gasteiger partial charge in [0.05, 0.1) is 0 Å². The summed E-state index contributed by atoms with van der Waals surface area (Å²) in [4.78, 5) is 10.8. The van der Waals surface area contributed by atoms with Crippen LogP contribution in [0.1, 0.15) is 16.1 Å². The third-order valence-electron chi connectivity index (χ3n) is 1.98. The Morgan fingerprint density at radius 1 is 1.50 bits per heavy atom. The summed E-state index contributed by atoms with van der Waals surface area (Å²) in [7, 11) is 0. The molecule has 0 saturated carbocycles. The Morgan fingerprint density at radius 3 is 2.93 bits per heavy atom. The third-order valence-corrected chi connectivity index (χ3v) is 2.29. The van der Waals surface area contributed by atoms with Crippen molar-refractivity contribution in [1.82, 2.24) is 0 Å². The highest BCUT2D eigenvalue weighted by Gasteiger charge is 2.12. The average molecular weight is 208 g/mol. The quantitative estimate of drug-likeness (QED) is 0.746. The lowest BCUT2D eigenvalue weighted by molar-refractivity contribution is 0.0698. The highest BCUT2D eigenvalue weighted by Crippen LogP contribution is 2.23. The predicted octanol–water partition coefficient (Wildman–Crippen LogP) is 2.56. The van der Waals surface area contributed by atoms with Crippen molar-refractivity contribution < 1.29 is 14.3 Å². The topological polar surface area (TPSA) is 50.4 Å². The van der Waals surface area contributed by atoms with E-state index in [0.717, 1.165) is 5.39 Å². The number of rotatable bonds is 2. The highest BCUT2D eigenvalue weighted by molar-refractivity contribution is 7.79. The van der Waals surface area contributed by atoms with Crippen LogP contribution < -0.4 is 0 Å². The van der Waals surface area contributed by atoms with E-state index in [1.807, 2.05) is 6.07 Å². The summed E-state index contributed by atoms with van der Waals surface area (Å²) < 4.78 is 5.35. The van der Waals surface area contributed by atoms with Crippen LogP contribution in [0, 0.1) is 0 Å². The lowest BCUT2D eigenvalue weighted by Crippen LogP contribution is -1.95. The van der Waals surface area contributed by atoms with E-state index in [0.29, 0.717) is 17.1 Å². The Balaban J connectivity index is 2.73. The molecule has 0 amide bonds. The zero-order valence-corrected chi connectivity index (χ0v) is 8.12. The Morgan fingerprint density at radius 2 is 2.29 bits per heavy atom. The van der Waals surface area contributed by atoms with Gasteiger partial charge in [0.15, 0.2) is 0 Å². The van der Waals surface area contributed by atoms with Crippen LogP contribution in [-0.2, 0) is 5.75 Å². The van der Waals surface area contributed by atoms with Gasteiger partial charge in [0.1, 0.15) is 16.9 Å². The van der Waals surface area contributed by atoms with Crippen molar-refractivity contribution in [3.05, 3.63) is 35.6 Å². The molecule has 0 fully saturated rings. The number of aromatic carboxylic acids is 1. The molecule has 1 heterocycles. The van der Waals surface area contributed by atoms with E-state index < -0.39 is 5.97 Å². The number of hydrogen-bond acceptors (Lipinski definition) is 3. The average Bonchev–Trinajstić information content (AvgIpc) is 2.59. The Hall–Kier alpha value is -1.42. The van der Waals surface area contributed by atoms with Crippen LogP contribution in [0.15, 0.2) is 28.7 Å². The molecule has 1 aromatic carbocycles. The monoisotopic (exact) mass is 208 g/mol. The van der Waals surface area contributed by atoms with Crippen molar-refractivity contribution in [1.29, 1.82) is 0 Å². The predicted molar refractivity (Wildman–Crippen MR) is 55.9 cm³/mol. The number of para-hydroxylation sites is 1. The molecule has 4 heteroatoms. The minimum absolute atomic E-state index is 0.190. The van der Waals surface area contributed by atoms with Crippen molar-refractivity contribution in [3.8, 4) is 0 Å². The lowest BCUT2D eigenvalue weighted by atomic mass is 10.1. The van der Waals surface area contributed by atoms with Gasteiger partial charge >= 0.3 is 5.97 Å². The zero-order chi connectivity index (χ0) is 10.1. The van der Waals surface area contributed by atoms with Crippen LogP contribution in [0.25, 0.3) is 11.0 Å². The highest BCUT2D eigenvalue weighted by atomic mass is 32.1. The second-order valence-corrected chi connectivity index (χ2v) is 3.22. The van der Waals surface area contributed by atoms with Crippen molar-refractivity contribution in [2.75, 3.05) is 0 Å². The molecule has 0 atom stereocenters. The molecule has 0 unspecified atom stereocenters. The third kappa shape index (κ3) is 1.37. The fourth-order valence-electron chi connectivity index (χ4n) is 1.36. The first-order valence-electron chi connectivity index (χ1n) is 4.08. The van der Waals surface area contributed by atoms with Crippen LogP contribution in [0.2, 0.25) is 0 Å². The largest absolute Gasteiger partial charge is 0.478 e. The van der Waals surface area contributed by atoms with Gasteiger partial charge in [-0.25, -0.2) is 4.79 Å². The van der Waals surface area contributed by atoms with Gasteiger partial charge in [-0.3, -0.25) is 0 Å². The second-order valence-electron chi connectivity index (χ2n) is 2.90. The molecule has 72 valence electrons. The molecule has 0 radical (unpaired) electrons. The molecule has 1 N–H and O–H groups in total. The van der Waals surface area contributed by atoms with E-state index >= 15 is 0 Å². The molecule has 0 aliphatic carbocycles. The van der Waals surface area contributed by atoms with Gasteiger partial charge in [-0.15, -0.1) is 0 Å². The van der Waals surface area contributed by atoms with Crippen molar-refractivity contribution in [2.45, 2.75) is 5.75 Å². The molecule has 0 spiro atoms. The molecule has 2 rings (SSSR count). The van der Waals surface area contributed by atoms with Gasteiger partial charge in [0.2, 0.25) is 0 Å². The minimum Gasteiger partial charge on any atom is -0.478 e. The fraction of sp³-hybridized carbons (Fsp3) is 0.100. The maximum Gasteiger partial charge on any atom is 0.339 e. The van der Waals surface area contributed by atoms with E-state index in [-0.39, 0.29) is 5.56 Å². The van der Waals surface area contributed by atoms with Gasteiger partial charge in [0.25, 0.3) is 0 Å². The van der Waals surface area contributed by atoms with E-state index in [1.54, 1.807) is 12.1 Å². The van der Waals surface area contributed by atoms with Gasteiger partial charge in [0, 0.05) is 11.1 Å². The number of benzene rings is 1. The molecule has 1 aromatic heterocycles. The normalized spacial score (nSPS) is 10.6. The fourth-order valence-corrected chi connectivity index (χ4v) is 1.52. The Bertz CT molecular complexity index is 487. The van der Waals surface area contributed by atoms with Crippen LogP contribution >= 0.6 is 12.6 Å². The summed E-state index contributed by atoms with van der Waals surface area (Å²) in [6.45, 7) is 0.